The Labute approximate surface area is 127 Å². The van der Waals surface area contributed by atoms with Crippen molar-refractivity contribution in [1.29, 1.82) is 0 Å². The summed E-state index contributed by atoms with van der Waals surface area (Å²) in [5.41, 5.74) is 2.64. The fraction of sp³-hybridized carbons (Fsp3) is 0.231. The van der Waals surface area contributed by atoms with Crippen molar-refractivity contribution in [3.05, 3.63) is 44.6 Å². The van der Waals surface area contributed by atoms with Crippen LogP contribution in [-0.2, 0) is 16.6 Å². The van der Waals surface area contributed by atoms with Gasteiger partial charge in [0.15, 0.2) is 0 Å². The first-order chi connectivity index (χ1) is 9.27. The molecule has 0 saturated heterocycles. The highest BCUT2D eigenvalue weighted by Gasteiger charge is 2.12. The van der Waals surface area contributed by atoms with Crippen LogP contribution in [0, 0.1) is 13.8 Å². The van der Waals surface area contributed by atoms with Gasteiger partial charge in [-0.3, -0.25) is 0 Å². The smallest absolute Gasteiger partial charge is 0.238 e. The Balaban J connectivity index is 2.29. The number of thiophene rings is 1. The third-order valence-corrected chi connectivity index (χ3v) is 5.22. The predicted molar refractivity (Wildman–Crippen MR) is 83.9 cm³/mol. The van der Waals surface area contributed by atoms with Gasteiger partial charge in [-0.05, 0) is 43.2 Å². The van der Waals surface area contributed by atoms with Crippen molar-refractivity contribution in [3.8, 4) is 0 Å². The minimum absolute atomic E-state index is 0.118. The summed E-state index contributed by atoms with van der Waals surface area (Å²) < 4.78 is 22.9. The van der Waals surface area contributed by atoms with E-state index in [9.17, 15) is 8.42 Å². The molecule has 0 fully saturated rings. The lowest BCUT2D eigenvalue weighted by Crippen LogP contribution is -2.13. The van der Waals surface area contributed by atoms with Crippen LogP contribution in [0.25, 0.3) is 0 Å². The number of rotatable bonds is 4. The van der Waals surface area contributed by atoms with Crippen LogP contribution in [0.2, 0.25) is 5.02 Å². The van der Waals surface area contributed by atoms with E-state index in [0.29, 0.717) is 11.6 Å². The third kappa shape index (κ3) is 3.52. The zero-order valence-corrected chi connectivity index (χ0v) is 13.5. The topological polar surface area (TPSA) is 72.2 Å². The van der Waals surface area contributed by atoms with Crippen LogP contribution < -0.4 is 10.5 Å². The van der Waals surface area contributed by atoms with Crippen LogP contribution in [0.15, 0.2) is 28.5 Å². The molecule has 1 aromatic carbocycles. The van der Waals surface area contributed by atoms with Crippen LogP contribution in [0.5, 0.6) is 0 Å². The van der Waals surface area contributed by atoms with Crippen LogP contribution in [0.4, 0.5) is 5.69 Å². The molecule has 0 saturated carbocycles. The Bertz CT molecular complexity index is 739. The van der Waals surface area contributed by atoms with Crippen LogP contribution in [0.3, 0.4) is 0 Å². The number of anilines is 1. The molecule has 1 heterocycles. The number of primary sulfonamides is 1. The van der Waals surface area contributed by atoms with Crippen LogP contribution in [-0.4, -0.2) is 8.42 Å². The zero-order chi connectivity index (χ0) is 14.9. The molecule has 0 bridgehead atoms. The van der Waals surface area contributed by atoms with Crippen molar-refractivity contribution in [1.82, 2.24) is 0 Å². The monoisotopic (exact) mass is 330 g/mol. The second-order valence-electron chi connectivity index (χ2n) is 4.54. The maximum absolute atomic E-state index is 11.5. The first-order valence-electron chi connectivity index (χ1n) is 5.88. The van der Waals surface area contributed by atoms with Crippen LogP contribution in [0.1, 0.15) is 16.0 Å². The molecule has 2 aromatic rings. The summed E-state index contributed by atoms with van der Waals surface area (Å²) in [6.45, 7) is 4.38. The molecule has 4 nitrogen and oxygen atoms in total. The van der Waals surface area contributed by atoms with Crippen molar-refractivity contribution in [2.24, 2.45) is 5.14 Å². The largest absolute Gasteiger partial charge is 0.380 e. The minimum atomic E-state index is -3.70. The maximum atomic E-state index is 11.5. The lowest BCUT2D eigenvalue weighted by atomic mass is 10.1. The van der Waals surface area contributed by atoms with E-state index < -0.39 is 10.0 Å². The predicted octanol–water partition coefficient (Wildman–Crippen LogP) is 3.28. The van der Waals surface area contributed by atoms with E-state index in [2.05, 4.69) is 5.32 Å². The highest BCUT2D eigenvalue weighted by atomic mass is 35.5. The average molecular weight is 331 g/mol. The van der Waals surface area contributed by atoms with Gasteiger partial charge in [0.1, 0.15) is 0 Å². The Morgan fingerprint density at radius 2 is 2.00 bits per heavy atom. The molecule has 0 aliphatic rings. The molecule has 7 heteroatoms. The molecule has 108 valence electrons. The molecule has 20 heavy (non-hydrogen) atoms. The standard InChI is InChI=1S/C13H15ClN2O2S2/c1-8-3-12(20(15,17)18)5-13(9(8)2)16-6-11-4-10(14)7-19-11/h3-5,7,16H,6H2,1-2H3,(H2,15,17,18). The fourth-order valence-corrected chi connectivity index (χ4v) is 3.44. The average Bonchev–Trinajstić information content (AvgIpc) is 2.75. The van der Waals surface area contributed by atoms with E-state index in [0.717, 1.165) is 21.7 Å². The van der Waals surface area contributed by atoms with E-state index in [1.54, 1.807) is 23.5 Å². The van der Waals surface area contributed by atoms with Gasteiger partial charge in [-0.25, -0.2) is 13.6 Å². The molecule has 0 atom stereocenters. The normalized spacial score (nSPS) is 11.6. The summed E-state index contributed by atoms with van der Waals surface area (Å²) >= 11 is 7.42. The molecule has 2 rings (SSSR count). The summed E-state index contributed by atoms with van der Waals surface area (Å²) in [5.74, 6) is 0. The number of benzene rings is 1. The number of halogens is 1. The van der Waals surface area contributed by atoms with Gasteiger partial charge in [0, 0.05) is 22.5 Å². The van der Waals surface area contributed by atoms with Crippen LogP contribution >= 0.6 is 22.9 Å². The van der Waals surface area contributed by atoms with Gasteiger partial charge in [0.25, 0.3) is 0 Å². The molecule has 3 N–H and O–H groups in total. The molecular weight excluding hydrogens is 316 g/mol. The number of nitrogens with two attached hydrogens (primary N) is 1. The molecule has 0 radical (unpaired) electrons. The van der Waals surface area contributed by atoms with Crippen molar-refractivity contribution in [2.45, 2.75) is 25.3 Å². The van der Waals surface area contributed by atoms with Gasteiger partial charge in [-0.2, -0.15) is 0 Å². The lowest BCUT2D eigenvalue weighted by molar-refractivity contribution is 0.597. The molecular formula is C13H15ClN2O2S2. The molecule has 0 spiro atoms. The zero-order valence-electron chi connectivity index (χ0n) is 11.1. The fourth-order valence-electron chi connectivity index (χ4n) is 1.80. The molecule has 0 unspecified atom stereocenters. The molecule has 0 amide bonds. The second kappa shape index (κ2) is 5.73. The van der Waals surface area contributed by atoms with Gasteiger partial charge in [-0.1, -0.05) is 11.6 Å². The van der Waals surface area contributed by atoms with Gasteiger partial charge in [-0.15, -0.1) is 11.3 Å². The van der Waals surface area contributed by atoms with E-state index in [-0.39, 0.29) is 4.90 Å². The highest BCUT2D eigenvalue weighted by Crippen LogP contribution is 2.25. The summed E-state index contributed by atoms with van der Waals surface area (Å²) in [5, 5.41) is 11.0. The Morgan fingerprint density at radius 1 is 1.30 bits per heavy atom. The van der Waals surface area contributed by atoms with Crippen molar-refractivity contribution in [3.63, 3.8) is 0 Å². The van der Waals surface area contributed by atoms with Gasteiger partial charge in [0.05, 0.1) is 9.92 Å². The second-order valence-corrected chi connectivity index (χ2v) is 7.54. The summed E-state index contributed by atoms with van der Waals surface area (Å²) in [4.78, 5) is 1.19. The number of aryl methyl sites for hydroxylation is 1. The van der Waals surface area contributed by atoms with E-state index in [1.165, 1.54) is 0 Å². The van der Waals surface area contributed by atoms with Crippen molar-refractivity contribution in [2.75, 3.05) is 5.32 Å². The first-order valence-corrected chi connectivity index (χ1v) is 8.68. The molecule has 0 aliphatic heterocycles. The first kappa shape index (κ1) is 15.3. The number of hydrogen-bond donors (Lipinski definition) is 2. The van der Waals surface area contributed by atoms with Gasteiger partial charge < -0.3 is 5.32 Å². The van der Waals surface area contributed by atoms with E-state index in [4.69, 9.17) is 16.7 Å². The van der Waals surface area contributed by atoms with E-state index in [1.807, 2.05) is 25.3 Å². The summed E-state index contributed by atoms with van der Waals surface area (Å²) in [6.07, 6.45) is 0. The van der Waals surface area contributed by atoms with E-state index >= 15 is 0 Å². The number of sulfonamides is 1. The quantitative estimate of drug-likeness (QED) is 0.903. The summed E-state index contributed by atoms with van der Waals surface area (Å²) in [7, 11) is -3.70. The number of hydrogen-bond acceptors (Lipinski definition) is 4. The minimum Gasteiger partial charge on any atom is -0.380 e. The lowest BCUT2D eigenvalue weighted by Gasteiger charge is -2.13. The maximum Gasteiger partial charge on any atom is 0.238 e. The Morgan fingerprint density at radius 3 is 2.55 bits per heavy atom. The van der Waals surface area contributed by atoms with Crippen molar-refractivity contribution >= 4 is 38.6 Å². The Hall–Kier alpha value is -1.08. The highest BCUT2D eigenvalue weighted by molar-refractivity contribution is 7.89. The SMILES string of the molecule is Cc1cc(S(N)(=O)=O)cc(NCc2cc(Cl)cs2)c1C. The number of nitrogens with one attached hydrogen (secondary N) is 1. The van der Waals surface area contributed by atoms with Crippen molar-refractivity contribution < 1.29 is 8.42 Å². The third-order valence-electron chi connectivity index (χ3n) is 3.04. The molecule has 1 aromatic heterocycles. The molecule has 0 aliphatic carbocycles. The van der Waals surface area contributed by atoms with Gasteiger partial charge in [0.2, 0.25) is 10.0 Å². The Kier molecular flexibility index (Phi) is 4.39. The van der Waals surface area contributed by atoms with Gasteiger partial charge >= 0.3 is 0 Å². The summed E-state index contributed by atoms with van der Waals surface area (Å²) in [6, 6.07) is 5.02.